The summed E-state index contributed by atoms with van der Waals surface area (Å²) in [5.41, 5.74) is 0.376. The van der Waals surface area contributed by atoms with Gasteiger partial charge in [0.2, 0.25) is 0 Å². The summed E-state index contributed by atoms with van der Waals surface area (Å²) < 4.78 is 3.88. The van der Waals surface area contributed by atoms with Gasteiger partial charge >= 0.3 is 5.97 Å². The van der Waals surface area contributed by atoms with Gasteiger partial charge in [0.15, 0.2) is 0 Å². The zero-order valence-corrected chi connectivity index (χ0v) is 8.43. The van der Waals surface area contributed by atoms with E-state index in [0.717, 1.165) is 30.6 Å². The monoisotopic (exact) mass is 199 g/mol. The first-order valence-corrected chi connectivity index (χ1v) is 5.20. The van der Waals surface area contributed by atoms with Crippen LogP contribution in [0.2, 0.25) is 0 Å². The molecule has 0 aliphatic heterocycles. The second-order valence-electron chi connectivity index (χ2n) is 2.92. The zero-order valence-electron chi connectivity index (χ0n) is 7.62. The maximum Gasteiger partial charge on any atom is 0.338 e. The molecule has 0 atom stereocenters. The Morgan fingerprint density at radius 1 is 1.62 bits per heavy atom. The Morgan fingerprint density at radius 2 is 2.38 bits per heavy atom. The number of aryl methyl sites for hydroxylation is 1. The number of nitrogens with zero attached hydrogens (tertiary/aromatic N) is 1. The van der Waals surface area contributed by atoms with Gasteiger partial charge in [0.25, 0.3) is 0 Å². The molecule has 3 nitrogen and oxygen atoms in total. The molecule has 0 radical (unpaired) electrons. The molecule has 0 bridgehead atoms. The van der Waals surface area contributed by atoms with Gasteiger partial charge < -0.3 is 5.11 Å². The molecule has 0 fully saturated rings. The molecular formula is C9H13NO2S. The van der Waals surface area contributed by atoms with Crippen molar-refractivity contribution >= 4 is 17.5 Å². The number of carboxylic acids is 1. The molecule has 0 saturated heterocycles. The van der Waals surface area contributed by atoms with Crippen LogP contribution in [-0.4, -0.2) is 15.4 Å². The highest BCUT2D eigenvalue weighted by molar-refractivity contribution is 7.06. The van der Waals surface area contributed by atoms with Gasteiger partial charge in [-0.25, -0.2) is 4.79 Å². The molecule has 0 amide bonds. The minimum atomic E-state index is -0.861. The Labute approximate surface area is 81.6 Å². The van der Waals surface area contributed by atoms with Crippen molar-refractivity contribution in [2.45, 2.75) is 32.6 Å². The molecule has 1 aromatic rings. The van der Waals surface area contributed by atoms with E-state index in [1.165, 1.54) is 17.7 Å². The lowest BCUT2D eigenvalue weighted by molar-refractivity contribution is 0.0696. The number of hydrogen-bond acceptors (Lipinski definition) is 3. The van der Waals surface area contributed by atoms with Gasteiger partial charge in [-0.2, -0.15) is 4.37 Å². The molecule has 0 saturated carbocycles. The molecule has 1 N–H and O–H groups in total. The highest BCUT2D eigenvalue weighted by atomic mass is 32.1. The van der Waals surface area contributed by atoms with E-state index >= 15 is 0 Å². The van der Waals surface area contributed by atoms with Crippen molar-refractivity contribution in [3.8, 4) is 0 Å². The first kappa shape index (κ1) is 10.2. The van der Waals surface area contributed by atoms with Gasteiger partial charge in [0, 0.05) is 4.88 Å². The number of unbranched alkanes of at least 4 members (excludes halogenated alkanes) is 2. The molecule has 1 aromatic heterocycles. The first-order chi connectivity index (χ1) is 6.25. The number of aromatic nitrogens is 1. The quantitative estimate of drug-likeness (QED) is 0.741. The normalized spacial score (nSPS) is 10.2. The molecule has 0 spiro atoms. The van der Waals surface area contributed by atoms with E-state index in [9.17, 15) is 4.79 Å². The molecule has 0 aliphatic rings. The molecule has 0 aliphatic carbocycles. The van der Waals surface area contributed by atoms with Crippen LogP contribution in [-0.2, 0) is 6.42 Å². The summed E-state index contributed by atoms with van der Waals surface area (Å²) in [7, 11) is 0. The topological polar surface area (TPSA) is 50.2 Å². The van der Waals surface area contributed by atoms with Gasteiger partial charge in [0.1, 0.15) is 0 Å². The Kier molecular flexibility index (Phi) is 3.89. The van der Waals surface area contributed by atoms with Crippen LogP contribution in [0.3, 0.4) is 0 Å². The lowest BCUT2D eigenvalue weighted by Gasteiger charge is -1.97. The summed E-state index contributed by atoms with van der Waals surface area (Å²) in [6, 6.07) is 0. The van der Waals surface area contributed by atoms with Crippen molar-refractivity contribution in [2.24, 2.45) is 0 Å². The van der Waals surface area contributed by atoms with E-state index in [1.54, 1.807) is 0 Å². The van der Waals surface area contributed by atoms with Crippen LogP contribution in [0.1, 0.15) is 41.4 Å². The molecule has 72 valence electrons. The van der Waals surface area contributed by atoms with Crippen molar-refractivity contribution < 1.29 is 9.90 Å². The molecule has 1 heterocycles. The van der Waals surface area contributed by atoms with E-state index in [1.807, 2.05) is 0 Å². The van der Waals surface area contributed by atoms with Crippen LogP contribution in [0, 0.1) is 0 Å². The molecular weight excluding hydrogens is 186 g/mol. The van der Waals surface area contributed by atoms with Crippen LogP contribution in [0.4, 0.5) is 0 Å². The lowest BCUT2D eigenvalue weighted by Crippen LogP contribution is -1.98. The van der Waals surface area contributed by atoms with Crippen LogP contribution in [0.15, 0.2) is 6.20 Å². The van der Waals surface area contributed by atoms with Crippen molar-refractivity contribution in [2.75, 3.05) is 0 Å². The number of carbonyl (C=O) groups is 1. The Bertz CT molecular complexity index is 283. The van der Waals surface area contributed by atoms with Crippen molar-refractivity contribution in [3.05, 3.63) is 16.6 Å². The highest BCUT2D eigenvalue weighted by Crippen LogP contribution is 2.16. The minimum Gasteiger partial charge on any atom is -0.478 e. The minimum absolute atomic E-state index is 0.376. The third-order valence-corrected chi connectivity index (χ3v) is 2.74. The fourth-order valence-corrected chi connectivity index (χ4v) is 1.91. The standard InChI is InChI=1S/C9H13NO2S/c1-2-3-4-5-8-7(9(11)12)6-10-13-8/h6H,2-5H2,1H3,(H,11,12). The van der Waals surface area contributed by atoms with Gasteiger partial charge in [-0.15, -0.1) is 0 Å². The SMILES string of the molecule is CCCCCc1sncc1C(=O)O. The summed E-state index contributed by atoms with van der Waals surface area (Å²) in [4.78, 5) is 11.6. The average molecular weight is 199 g/mol. The van der Waals surface area contributed by atoms with Crippen LogP contribution in [0.5, 0.6) is 0 Å². The zero-order chi connectivity index (χ0) is 9.68. The Hall–Kier alpha value is -0.900. The van der Waals surface area contributed by atoms with E-state index in [0.29, 0.717) is 5.56 Å². The van der Waals surface area contributed by atoms with E-state index in [-0.39, 0.29) is 0 Å². The fourth-order valence-electron chi connectivity index (χ4n) is 1.15. The van der Waals surface area contributed by atoms with Crippen LogP contribution < -0.4 is 0 Å². The summed E-state index contributed by atoms with van der Waals surface area (Å²) in [5, 5.41) is 8.78. The molecule has 4 heteroatoms. The Balaban J connectivity index is 2.55. The van der Waals surface area contributed by atoms with Crippen molar-refractivity contribution in [1.82, 2.24) is 4.37 Å². The third-order valence-electron chi connectivity index (χ3n) is 1.88. The first-order valence-electron chi connectivity index (χ1n) is 4.42. The second kappa shape index (κ2) is 4.97. The average Bonchev–Trinajstić information content (AvgIpc) is 2.53. The summed E-state index contributed by atoms with van der Waals surface area (Å²) in [6.45, 7) is 2.13. The number of hydrogen-bond donors (Lipinski definition) is 1. The third kappa shape index (κ3) is 2.81. The number of aromatic carboxylic acids is 1. The van der Waals surface area contributed by atoms with Gasteiger partial charge in [0.05, 0.1) is 11.8 Å². The lowest BCUT2D eigenvalue weighted by atomic mass is 10.1. The van der Waals surface area contributed by atoms with Crippen molar-refractivity contribution in [3.63, 3.8) is 0 Å². The summed E-state index contributed by atoms with van der Waals surface area (Å²) >= 11 is 1.30. The van der Waals surface area contributed by atoms with Crippen molar-refractivity contribution in [1.29, 1.82) is 0 Å². The summed E-state index contributed by atoms with van der Waals surface area (Å²) in [6.07, 6.45) is 5.64. The second-order valence-corrected chi connectivity index (χ2v) is 3.81. The molecule has 0 aromatic carbocycles. The van der Waals surface area contributed by atoms with E-state index in [4.69, 9.17) is 5.11 Å². The van der Waals surface area contributed by atoms with Crippen LogP contribution >= 0.6 is 11.5 Å². The van der Waals surface area contributed by atoms with E-state index < -0.39 is 5.97 Å². The predicted molar refractivity (Wildman–Crippen MR) is 52.3 cm³/mol. The predicted octanol–water partition coefficient (Wildman–Crippen LogP) is 2.57. The molecule has 1 rings (SSSR count). The highest BCUT2D eigenvalue weighted by Gasteiger charge is 2.11. The number of rotatable bonds is 5. The largest absolute Gasteiger partial charge is 0.478 e. The summed E-state index contributed by atoms with van der Waals surface area (Å²) in [5.74, 6) is -0.861. The fraction of sp³-hybridized carbons (Fsp3) is 0.556. The van der Waals surface area contributed by atoms with Crippen LogP contribution in [0.25, 0.3) is 0 Å². The molecule has 13 heavy (non-hydrogen) atoms. The van der Waals surface area contributed by atoms with E-state index in [2.05, 4.69) is 11.3 Å². The molecule has 0 unspecified atom stereocenters. The van der Waals surface area contributed by atoms with Gasteiger partial charge in [-0.3, -0.25) is 0 Å². The maximum absolute atomic E-state index is 10.7. The van der Waals surface area contributed by atoms with Gasteiger partial charge in [-0.1, -0.05) is 19.8 Å². The van der Waals surface area contributed by atoms with Gasteiger partial charge in [-0.05, 0) is 24.4 Å². The smallest absolute Gasteiger partial charge is 0.338 e. The maximum atomic E-state index is 10.7. The Morgan fingerprint density at radius 3 is 3.00 bits per heavy atom. The number of carboxylic acid groups (broad SMARTS) is 1.